The highest BCUT2D eigenvalue weighted by Crippen LogP contribution is 2.18. The first-order valence-electron chi connectivity index (χ1n) is 6.03. The second-order valence-electron chi connectivity index (χ2n) is 4.41. The van der Waals surface area contributed by atoms with Gasteiger partial charge < -0.3 is 21.1 Å². The molecule has 2 amide bonds. The molecule has 108 valence electrons. The van der Waals surface area contributed by atoms with Gasteiger partial charge in [0.25, 0.3) is 17.4 Å². The van der Waals surface area contributed by atoms with Crippen LogP contribution in [0.2, 0.25) is 0 Å². The second-order valence-corrected chi connectivity index (χ2v) is 4.41. The van der Waals surface area contributed by atoms with E-state index >= 15 is 0 Å². The Kier molecular flexibility index (Phi) is 3.75. The molecule has 2 rings (SSSR count). The van der Waals surface area contributed by atoms with Gasteiger partial charge in [-0.25, -0.2) is 0 Å². The molecule has 0 atom stereocenters. The van der Waals surface area contributed by atoms with Crippen molar-refractivity contribution in [2.75, 3.05) is 5.32 Å². The fourth-order valence-electron chi connectivity index (χ4n) is 1.88. The van der Waals surface area contributed by atoms with E-state index in [1.165, 1.54) is 18.2 Å². The Morgan fingerprint density at radius 2 is 1.95 bits per heavy atom. The summed E-state index contributed by atoms with van der Waals surface area (Å²) in [6, 6.07) is 7.36. The monoisotopic (exact) mass is 287 g/mol. The minimum atomic E-state index is -0.831. The van der Waals surface area contributed by atoms with Gasteiger partial charge in [-0.1, -0.05) is 12.1 Å². The zero-order valence-corrected chi connectivity index (χ0v) is 11.1. The third-order valence-corrected chi connectivity index (χ3v) is 2.81. The van der Waals surface area contributed by atoms with Gasteiger partial charge in [-0.2, -0.15) is 0 Å². The molecule has 7 nitrogen and oxygen atoms in total. The first kappa shape index (κ1) is 14.3. The predicted molar refractivity (Wildman–Crippen MR) is 76.4 cm³/mol. The van der Waals surface area contributed by atoms with Crippen LogP contribution in [0.5, 0.6) is 5.75 Å². The summed E-state index contributed by atoms with van der Waals surface area (Å²) >= 11 is 0. The normalized spacial score (nSPS) is 10.1. The fourth-order valence-corrected chi connectivity index (χ4v) is 1.88. The van der Waals surface area contributed by atoms with Gasteiger partial charge in [0.15, 0.2) is 0 Å². The molecule has 1 aromatic carbocycles. The van der Waals surface area contributed by atoms with Crippen molar-refractivity contribution < 1.29 is 14.7 Å². The van der Waals surface area contributed by atoms with Crippen molar-refractivity contribution in [3.8, 4) is 5.75 Å². The fraction of sp³-hybridized carbons (Fsp3) is 0.0714. The zero-order valence-electron chi connectivity index (χ0n) is 11.1. The maximum absolute atomic E-state index is 12.1. The van der Waals surface area contributed by atoms with Crippen LogP contribution in [-0.2, 0) is 0 Å². The molecule has 0 saturated heterocycles. The number of hydrogen-bond donors (Lipinski definition) is 4. The molecule has 2 aromatic rings. The first-order valence-corrected chi connectivity index (χ1v) is 6.03. The minimum absolute atomic E-state index is 0.105. The number of para-hydroxylation sites is 1. The summed E-state index contributed by atoms with van der Waals surface area (Å²) in [4.78, 5) is 37.5. The smallest absolute Gasteiger partial charge is 0.265 e. The Bertz CT molecular complexity index is 780. The van der Waals surface area contributed by atoms with Crippen LogP contribution < -0.4 is 16.6 Å². The van der Waals surface area contributed by atoms with E-state index in [0.29, 0.717) is 5.69 Å². The molecule has 0 aliphatic carbocycles. The van der Waals surface area contributed by atoms with Crippen molar-refractivity contribution in [2.45, 2.75) is 6.92 Å². The number of nitrogens with two attached hydrogens (primary N) is 1. The number of amides is 2. The summed E-state index contributed by atoms with van der Waals surface area (Å²) in [6.45, 7) is 1.57. The van der Waals surface area contributed by atoms with E-state index in [9.17, 15) is 19.5 Å². The summed E-state index contributed by atoms with van der Waals surface area (Å²) in [6.07, 6.45) is 0. The number of primary amides is 1. The topological polar surface area (TPSA) is 125 Å². The van der Waals surface area contributed by atoms with Crippen LogP contribution in [0.1, 0.15) is 26.4 Å². The van der Waals surface area contributed by atoms with Crippen LogP contribution in [0.4, 0.5) is 5.69 Å². The second kappa shape index (κ2) is 5.49. The van der Waals surface area contributed by atoms with E-state index in [1.807, 2.05) is 0 Å². The number of carbonyl (C=O) groups excluding carboxylic acids is 2. The summed E-state index contributed by atoms with van der Waals surface area (Å²) in [7, 11) is 0. The third-order valence-electron chi connectivity index (χ3n) is 2.81. The van der Waals surface area contributed by atoms with Gasteiger partial charge in [0.2, 0.25) is 0 Å². The number of benzene rings is 1. The maximum atomic E-state index is 12.1. The lowest BCUT2D eigenvalue weighted by Crippen LogP contribution is -2.25. The molecule has 0 unspecified atom stereocenters. The van der Waals surface area contributed by atoms with E-state index in [-0.39, 0.29) is 11.3 Å². The molecule has 0 bridgehead atoms. The highest BCUT2D eigenvalue weighted by atomic mass is 16.3. The number of H-pyrrole nitrogens is 1. The van der Waals surface area contributed by atoms with Crippen molar-refractivity contribution in [1.29, 1.82) is 0 Å². The Labute approximate surface area is 119 Å². The van der Waals surface area contributed by atoms with Gasteiger partial charge in [0.05, 0.1) is 11.3 Å². The SMILES string of the molecule is Cc1cc(O)c(C(=O)Nc2ccccc2C(N)=O)c(=O)[nH]1. The number of aromatic amines is 1. The van der Waals surface area contributed by atoms with E-state index in [0.717, 1.165) is 0 Å². The Balaban J connectivity index is 2.40. The summed E-state index contributed by atoms with van der Waals surface area (Å²) in [5.74, 6) is -1.99. The number of anilines is 1. The third kappa shape index (κ3) is 2.92. The predicted octanol–water partition coefficient (Wildman–Crippen LogP) is 0.740. The van der Waals surface area contributed by atoms with Crippen LogP contribution in [0.3, 0.4) is 0 Å². The quantitative estimate of drug-likeness (QED) is 0.664. The van der Waals surface area contributed by atoms with E-state index in [2.05, 4.69) is 10.3 Å². The van der Waals surface area contributed by atoms with Crippen molar-refractivity contribution in [1.82, 2.24) is 4.98 Å². The molecule has 7 heteroatoms. The van der Waals surface area contributed by atoms with E-state index in [1.54, 1.807) is 19.1 Å². The number of pyridine rings is 1. The van der Waals surface area contributed by atoms with Crippen molar-refractivity contribution in [3.05, 3.63) is 57.5 Å². The summed E-state index contributed by atoms with van der Waals surface area (Å²) < 4.78 is 0. The first-order chi connectivity index (χ1) is 9.90. The maximum Gasteiger partial charge on any atom is 0.265 e. The average molecular weight is 287 g/mol. The lowest BCUT2D eigenvalue weighted by molar-refractivity contribution is 0.100. The number of aromatic hydroxyl groups is 1. The van der Waals surface area contributed by atoms with Crippen LogP contribution >= 0.6 is 0 Å². The Morgan fingerprint density at radius 3 is 2.57 bits per heavy atom. The van der Waals surface area contributed by atoms with Gasteiger partial charge in [-0.3, -0.25) is 14.4 Å². The minimum Gasteiger partial charge on any atom is -0.507 e. The molecular formula is C14H13N3O4. The zero-order chi connectivity index (χ0) is 15.6. The summed E-state index contributed by atoms with van der Waals surface area (Å²) in [5, 5.41) is 12.1. The summed E-state index contributed by atoms with van der Waals surface area (Å²) in [5.41, 5.74) is 4.74. The van der Waals surface area contributed by atoms with Crippen molar-refractivity contribution in [2.24, 2.45) is 5.73 Å². The highest BCUT2D eigenvalue weighted by Gasteiger charge is 2.18. The molecule has 0 saturated carbocycles. The number of carbonyl (C=O) groups is 2. The molecule has 0 spiro atoms. The lowest BCUT2D eigenvalue weighted by atomic mass is 10.1. The number of rotatable bonds is 3. The standard InChI is InChI=1S/C14H13N3O4/c1-7-6-10(18)11(13(20)16-7)14(21)17-9-5-3-2-4-8(9)12(15)19/h2-6H,1H3,(H2,15,19)(H,17,21)(H2,16,18,20). The van der Waals surface area contributed by atoms with Gasteiger partial charge in [0, 0.05) is 5.69 Å². The van der Waals surface area contributed by atoms with E-state index < -0.39 is 28.7 Å². The highest BCUT2D eigenvalue weighted by molar-refractivity contribution is 6.09. The van der Waals surface area contributed by atoms with Gasteiger partial charge >= 0.3 is 0 Å². The van der Waals surface area contributed by atoms with Gasteiger partial charge in [-0.15, -0.1) is 0 Å². The molecule has 0 aliphatic rings. The van der Waals surface area contributed by atoms with Gasteiger partial charge in [0.1, 0.15) is 11.3 Å². The molecule has 5 N–H and O–H groups in total. The largest absolute Gasteiger partial charge is 0.507 e. The Morgan fingerprint density at radius 1 is 1.29 bits per heavy atom. The van der Waals surface area contributed by atoms with Crippen LogP contribution in [-0.4, -0.2) is 21.9 Å². The lowest BCUT2D eigenvalue weighted by Gasteiger charge is -2.09. The molecule has 1 heterocycles. The molecule has 21 heavy (non-hydrogen) atoms. The average Bonchev–Trinajstić information content (AvgIpc) is 2.37. The van der Waals surface area contributed by atoms with Crippen molar-refractivity contribution in [3.63, 3.8) is 0 Å². The number of hydrogen-bond acceptors (Lipinski definition) is 4. The van der Waals surface area contributed by atoms with Crippen molar-refractivity contribution >= 4 is 17.5 Å². The molecule has 0 fully saturated rings. The van der Waals surface area contributed by atoms with Gasteiger partial charge in [-0.05, 0) is 25.1 Å². The number of aryl methyl sites for hydroxylation is 1. The molecule has 0 aliphatic heterocycles. The molecular weight excluding hydrogens is 274 g/mol. The number of aromatic nitrogens is 1. The molecule has 1 aromatic heterocycles. The van der Waals surface area contributed by atoms with Crippen LogP contribution in [0.25, 0.3) is 0 Å². The van der Waals surface area contributed by atoms with E-state index in [4.69, 9.17) is 5.73 Å². The molecule has 0 radical (unpaired) electrons. The van der Waals surface area contributed by atoms with Crippen LogP contribution in [0, 0.1) is 6.92 Å². The van der Waals surface area contributed by atoms with Crippen LogP contribution in [0.15, 0.2) is 35.1 Å². The number of nitrogens with one attached hydrogen (secondary N) is 2. The Hall–Kier alpha value is -3.09.